The molecule has 2 rings (SSSR count). The third kappa shape index (κ3) is 4.01. The highest BCUT2D eigenvalue weighted by atomic mass is 79.9. The molecule has 1 unspecified atom stereocenters. The topological polar surface area (TPSA) is 27.1 Å². The van der Waals surface area contributed by atoms with Crippen LogP contribution in [0.4, 0.5) is 0 Å². The lowest BCUT2D eigenvalue weighted by molar-refractivity contribution is 0.294. The molecule has 0 radical (unpaired) electrons. The van der Waals surface area contributed by atoms with Crippen LogP contribution in [0.25, 0.3) is 0 Å². The van der Waals surface area contributed by atoms with Crippen LogP contribution in [-0.4, -0.2) is 9.78 Å². The van der Waals surface area contributed by atoms with Crippen molar-refractivity contribution in [3.05, 3.63) is 45.7 Å². The van der Waals surface area contributed by atoms with Gasteiger partial charge in [0.15, 0.2) is 0 Å². The summed E-state index contributed by atoms with van der Waals surface area (Å²) in [5.74, 6) is 1.28. The zero-order valence-corrected chi connectivity index (χ0v) is 14.9. The average Bonchev–Trinajstić information content (AvgIpc) is 2.93. The van der Waals surface area contributed by atoms with Crippen molar-refractivity contribution in [1.82, 2.24) is 9.78 Å². The molecule has 114 valence electrons. The van der Waals surface area contributed by atoms with Gasteiger partial charge in [-0.25, -0.2) is 0 Å². The van der Waals surface area contributed by atoms with Gasteiger partial charge < -0.3 is 4.74 Å². The smallest absolute Gasteiger partial charge is 0.132 e. The minimum Gasteiger partial charge on any atom is -0.487 e. The van der Waals surface area contributed by atoms with Crippen molar-refractivity contribution in [1.29, 1.82) is 0 Å². The van der Waals surface area contributed by atoms with E-state index in [2.05, 4.69) is 34.9 Å². The molecule has 1 aromatic carbocycles. The van der Waals surface area contributed by atoms with E-state index in [1.54, 1.807) is 0 Å². The summed E-state index contributed by atoms with van der Waals surface area (Å²) in [7, 11) is 0. The highest BCUT2D eigenvalue weighted by molar-refractivity contribution is 9.10. The fourth-order valence-corrected chi connectivity index (χ4v) is 2.96. The predicted octanol–water partition coefficient (Wildman–Crippen LogP) is 5.24. The zero-order chi connectivity index (χ0) is 15.4. The Bertz CT molecular complexity index is 612. The summed E-state index contributed by atoms with van der Waals surface area (Å²) in [4.78, 5) is 0. The Morgan fingerprint density at radius 2 is 2.19 bits per heavy atom. The van der Waals surface area contributed by atoms with Crippen LogP contribution in [0.15, 0.2) is 28.9 Å². The number of alkyl halides is 1. The van der Waals surface area contributed by atoms with Gasteiger partial charge in [-0.15, -0.1) is 11.6 Å². The van der Waals surface area contributed by atoms with E-state index in [4.69, 9.17) is 16.3 Å². The molecule has 0 amide bonds. The lowest BCUT2D eigenvalue weighted by Crippen LogP contribution is -2.06. The van der Waals surface area contributed by atoms with Crippen molar-refractivity contribution < 1.29 is 4.74 Å². The molecule has 0 saturated carbocycles. The first kappa shape index (κ1) is 16.4. The fourth-order valence-electron chi connectivity index (χ4n) is 2.14. The largest absolute Gasteiger partial charge is 0.487 e. The molecule has 2 aromatic rings. The molecule has 0 aliphatic rings. The van der Waals surface area contributed by atoms with Gasteiger partial charge in [-0.1, -0.05) is 22.9 Å². The highest BCUT2D eigenvalue weighted by Crippen LogP contribution is 2.30. The van der Waals surface area contributed by atoms with E-state index in [1.165, 1.54) is 0 Å². The Kier molecular flexibility index (Phi) is 5.71. The van der Waals surface area contributed by atoms with Gasteiger partial charge in [0.05, 0.1) is 11.6 Å². The van der Waals surface area contributed by atoms with Gasteiger partial charge in [0.2, 0.25) is 0 Å². The maximum Gasteiger partial charge on any atom is 0.132 e. The third-order valence-electron chi connectivity index (χ3n) is 3.53. The quantitative estimate of drug-likeness (QED) is 0.649. The van der Waals surface area contributed by atoms with E-state index in [-0.39, 0.29) is 0 Å². The molecule has 0 bridgehead atoms. The summed E-state index contributed by atoms with van der Waals surface area (Å²) >= 11 is 9.48. The number of aryl methyl sites for hydroxylation is 1. The Hall–Kier alpha value is -1.00. The van der Waals surface area contributed by atoms with E-state index >= 15 is 0 Å². The first-order valence-corrected chi connectivity index (χ1v) is 8.39. The Morgan fingerprint density at radius 1 is 1.43 bits per heavy atom. The summed E-state index contributed by atoms with van der Waals surface area (Å²) in [6.45, 7) is 6.78. The summed E-state index contributed by atoms with van der Waals surface area (Å²) in [6, 6.07) is 6.43. The van der Waals surface area contributed by atoms with Crippen molar-refractivity contribution in [2.24, 2.45) is 0 Å². The number of hydrogen-bond donors (Lipinski definition) is 0. The van der Waals surface area contributed by atoms with Crippen LogP contribution < -0.4 is 4.74 Å². The van der Waals surface area contributed by atoms with Crippen LogP contribution in [0.5, 0.6) is 5.75 Å². The maximum atomic E-state index is 6.00. The fraction of sp³-hybridized carbons (Fsp3) is 0.438. The van der Waals surface area contributed by atoms with Crippen LogP contribution >= 0.6 is 27.5 Å². The van der Waals surface area contributed by atoms with Gasteiger partial charge >= 0.3 is 0 Å². The van der Waals surface area contributed by atoms with Gasteiger partial charge in [0, 0.05) is 22.3 Å². The summed E-state index contributed by atoms with van der Waals surface area (Å²) < 4.78 is 8.94. The van der Waals surface area contributed by atoms with Crippen molar-refractivity contribution >= 4 is 27.5 Å². The first-order valence-electron chi connectivity index (χ1n) is 7.07. The van der Waals surface area contributed by atoms with Gasteiger partial charge in [-0.2, -0.15) is 5.10 Å². The maximum absolute atomic E-state index is 6.00. The summed E-state index contributed by atoms with van der Waals surface area (Å²) in [6.07, 6.45) is 3.06. The SMILES string of the molecule is CCC(C)n1ccc(COc2c(C)cc(Br)cc2CCl)n1. The molecule has 0 spiro atoms. The number of rotatable bonds is 6. The molecule has 0 fully saturated rings. The number of aromatic nitrogens is 2. The minimum absolute atomic E-state index is 0.409. The standard InChI is InChI=1S/C16H20BrClN2O/c1-4-12(3)20-6-5-15(19-20)10-21-16-11(2)7-14(17)8-13(16)9-18/h5-8,12H,4,9-10H2,1-3H3. The van der Waals surface area contributed by atoms with E-state index < -0.39 is 0 Å². The molecule has 0 aliphatic heterocycles. The lowest BCUT2D eigenvalue weighted by Gasteiger charge is -2.13. The molecular weight excluding hydrogens is 352 g/mol. The Morgan fingerprint density at radius 3 is 2.86 bits per heavy atom. The number of halogens is 2. The van der Waals surface area contributed by atoms with E-state index in [9.17, 15) is 0 Å². The second kappa shape index (κ2) is 7.32. The van der Waals surface area contributed by atoms with Crippen LogP contribution in [-0.2, 0) is 12.5 Å². The Labute approximate surface area is 139 Å². The molecule has 21 heavy (non-hydrogen) atoms. The molecule has 5 heteroatoms. The number of ether oxygens (including phenoxy) is 1. The van der Waals surface area contributed by atoms with E-state index in [0.717, 1.165) is 33.5 Å². The van der Waals surface area contributed by atoms with Crippen molar-refractivity contribution in [2.75, 3.05) is 0 Å². The molecule has 1 aromatic heterocycles. The average molecular weight is 372 g/mol. The van der Waals surface area contributed by atoms with Crippen LogP contribution in [0, 0.1) is 6.92 Å². The zero-order valence-electron chi connectivity index (χ0n) is 12.6. The second-order valence-corrected chi connectivity index (χ2v) is 6.36. The molecule has 3 nitrogen and oxygen atoms in total. The summed E-state index contributed by atoms with van der Waals surface area (Å²) in [5.41, 5.74) is 2.99. The molecule has 1 heterocycles. The van der Waals surface area contributed by atoms with Crippen molar-refractivity contribution in [2.45, 2.75) is 45.7 Å². The molecule has 1 atom stereocenters. The van der Waals surface area contributed by atoms with E-state index in [0.29, 0.717) is 18.5 Å². The number of nitrogens with zero attached hydrogens (tertiary/aromatic N) is 2. The minimum atomic E-state index is 0.409. The monoisotopic (exact) mass is 370 g/mol. The van der Waals surface area contributed by atoms with Crippen LogP contribution in [0.1, 0.15) is 43.1 Å². The van der Waals surface area contributed by atoms with Crippen LogP contribution in [0.3, 0.4) is 0 Å². The number of hydrogen-bond acceptors (Lipinski definition) is 2. The second-order valence-electron chi connectivity index (χ2n) is 5.18. The van der Waals surface area contributed by atoms with Gasteiger partial charge in [-0.3, -0.25) is 4.68 Å². The summed E-state index contributed by atoms with van der Waals surface area (Å²) in [5, 5.41) is 4.55. The lowest BCUT2D eigenvalue weighted by atomic mass is 10.1. The molecule has 0 N–H and O–H groups in total. The molecule has 0 saturated heterocycles. The van der Waals surface area contributed by atoms with Crippen molar-refractivity contribution in [3.63, 3.8) is 0 Å². The normalized spacial score (nSPS) is 12.4. The van der Waals surface area contributed by atoms with Gasteiger partial charge in [-0.05, 0) is 44.0 Å². The first-order chi connectivity index (χ1) is 10.0. The third-order valence-corrected chi connectivity index (χ3v) is 4.28. The van der Waals surface area contributed by atoms with Gasteiger partial charge in [0.1, 0.15) is 12.4 Å². The number of benzene rings is 1. The predicted molar refractivity (Wildman–Crippen MR) is 90.0 cm³/mol. The van der Waals surface area contributed by atoms with Crippen molar-refractivity contribution in [3.8, 4) is 5.75 Å². The molecule has 0 aliphatic carbocycles. The molecular formula is C16H20BrClN2O. The van der Waals surface area contributed by atoms with E-state index in [1.807, 2.05) is 36.0 Å². The van der Waals surface area contributed by atoms with Gasteiger partial charge in [0.25, 0.3) is 0 Å². The Balaban J connectivity index is 2.11. The highest BCUT2D eigenvalue weighted by Gasteiger charge is 2.10. The van der Waals surface area contributed by atoms with Crippen LogP contribution in [0.2, 0.25) is 0 Å².